The number of guanidine groups is 1. The van der Waals surface area contributed by atoms with Crippen molar-refractivity contribution in [3.63, 3.8) is 0 Å². The van der Waals surface area contributed by atoms with Crippen LogP contribution in [0.3, 0.4) is 0 Å². The van der Waals surface area contributed by atoms with E-state index in [0.29, 0.717) is 19.0 Å². The van der Waals surface area contributed by atoms with E-state index in [-0.39, 0.29) is 0 Å². The number of benzene rings is 1. The summed E-state index contributed by atoms with van der Waals surface area (Å²) >= 11 is 0. The molecule has 0 aromatic heterocycles. The Morgan fingerprint density at radius 1 is 1.29 bits per heavy atom. The van der Waals surface area contributed by atoms with Gasteiger partial charge in [0.25, 0.3) is 0 Å². The van der Waals surface area contributed by atoms with E-state index >= 15 is 0 Å². The number of nitrogens with zero attached hydrogens (tertiary/aromatic N) is 2. The van der Waals surface area contributed by atoms with Gasteiger partial charge in [-0.15, -0.1) is 0 Å². The van der Waals surface area contributed by atoms with Gasteiger partial charge in [-0.1, -0.05) is 37.3 Å². The van der Waals surface area contributed by atoms with Gasteiger partial charge >= 0.3 is 0 Å². The molecule has 0 radical (unpaired) electrons. The molecule has 1 heterocycles. The van der Waals surface area contributed by atoms with Gasteiger partial charge in [0.1, 0.15) is 0 Å². The fourth-order valence-electron chi connectivity index (χ4n) is 3.23. The molecule has 2 atom stereocenters. The number of likely N-dealkylation sites (tertiary alicyclic amines) is 1. The highest BCUT2D eigenvalue weighted by Crippen LogP contribution is 2.17. The molecule has 0 spiro atoms. The van der Waals surface area contributed by atoms with E-state index in [4.69, 9.17) is 4.99 Å². The van der Waals surface area contributed by atoms with Gasteiger partial charge in [-0.2, -0.15) is 0 Å². The van der Waals surface area contributed by atoms with Crippen LogP contribution in [0.1, 0.15) is 44.8 Å². The summed E-state index contributed by atoms with van der Waals surface area (Å²) in [6, 6.07) is 10.4. The van der Waals surface area contributed by atoms with E-state index in [1.807, 2.05) is 30.3 Å². The number of aliphatic imine (C=N–C) groups is 1. The molecule has 1 aliphatic rings. The van der Waals surface area contributed by atoms with E-state index in [1.54, 1.807) is 0 Å². The van der Waals surface area contributed by atoms with Gasteiger partial charge in [0.2, 0.25) is 0 Å². The molecule has 0 amide bonds. The number of rotatable bonds is 8. The first-order chi connectivity index (χ1) is 11.7. The molecule has 1 aromatic carbocycles. The number of nitrogens with one attached hydrogen (secondary N) is 2. The third-order valence-electron chi connectivity index (χ3n) is 4.60. The fraction of sp³-hybridized carbons (Fsp3) is 0.632. The molecule has 1 aliphatic heterocycles. The maximum absolute atomic E-state index is 10.2. The van der Waals surface area contributed by atoms with Crippen LogP contribution in [0, 0.1) is 0 Å². The Balaban J connectivity index is 1.79. The lowest BCUT2D eigenvalue weighted by molar-refractivity contribution is 0.168. The zero-order chi connectivity index (χ0) is 17.2. The molecule has 3 N–H and O–H groups in total. The number of hydrogen-bond donors (Lipinski definition) is 3. The molecular formula is C19H32N4O. The minimum atomic E-state index is -0.438. The lowest BCUT2D eigenvalue weighted by Crippen LogP contribution is -2.39. The second-order valence-corrected chi connectivity index (χ2v) is 6.29. The van der Waals surface area contributed by atoms with E-state index < -0.39 is 6.10 Å². The molecule has 0 bridgehead atoms. The van der Waals surface area contributed by atoms with Crippen LogP contribution >= 0.6 is 0 Å². The van der Waals surface area contributed by atoms with Crippen molar-refractivity contribution in [2.45, 2.75) is 45.3 Å². The maximum atomic E-state index is 10.2. The number of likely N-dealkylation sites (N-methyl/N-ethyl adjacent to an activating group) is 1. The van der Waals surface area contributed by atoms with Crippen LogP contribution in [-0.2, 0) is 0 Å². The third kappa shape index (κ3) is 5.80. The second-order valence-electron chi connectivity index (χ2n) is 6.29. The summed E-state index contributed by atoms with van der Waals surface area (Å²) < 4.78 is 0. The molecule has 0 aliphatic carbocycles. The van der Waals surface area contributed by atoms with Gasteiger partial charge in [-0.05, 0) is 44.8 Å². The Bertz CT molecular complexity index is 491. The van der Waals surface area contributed by atoms with Crippen LogP contribution in [-0.4, -0.2) is 54.7 Å². The fourth-order valence-corrected chi connectivity index (χ4v) is 3.23. The molecule has 2 rings (SSSR count). The first-order valence-electron chi connectivity index (χ1n) is 9.23. The van der Waals surface area contributed by atoms with Crippen LogP contribution in [0.5, 0.6) is 0 Å². The average Bonchev–Trinajstić information content (AvgIpc) is 3.08. The van der Waals surface area contributed by atoms with Gasteiger partial charge in [-0.25, -0.2) is 0 Å². The molecule has 1 saturated heterocycles. The monoisotopic (exact) mass is 332 g/mol. The Morgan fingerprint density at radius 3 is 2.79 bits per heavy atom. The van der Waals surface area contributed by atoms with Crippen molar-refractivity contribution in [2.24, 2.45) is 4.99 Å². The van der Waals surface area contributed by atoms with Crippen LogP contribution in [0.15, 0.2) is 35.3 Å². The zero-order valence-electron chi connectivity index (χ0n) is 15.0. The maximum Gasteiger partial charge on any atom is 0.191 e. The minimum absolute atomic E-state index is 0.438. The first kappa shape index (κ1) is 18.7. The van der Waals surface area contributed by atoms with Crippen molar-refractivity contribution in [3.8, 4) is 0 Å². The number of aliphatic hydroxyl groups is 1. The third-order valence-corrected chi connectivity index (χ3v) is 4.60. The van der Waals surface area contributed by atoms with Crippen molar-refractivity contribution in [1.29, 1.82) is 0 Å². The van der Waals surface area contributed by atoms with Crippen molar-refractivity contribution < 1.29 is 5.11 Å². The van der Waals surface area contributed by atoms with Crippen LogP contribution in [0.4, 0.5) is 0 Å². The Hall–Kier alpha value is -1.59. The van der Waals surface area contributed by atoms with E-state index in [2.05, 4.69) is 29.4 Å². The van der Waals surface area contributed by atoms with Crippen LogP contribution in [0.2, 0.25) is 0 Å². The SMILES string of the molecule is CCNC(=NCC1CCCN1CC)NCCC(O)c1ccccc1. The Morgan fingerprint density at radius 2 is 2.08 bits per heavy atom. The Kier molecular flexibility index (Phi) is 8.05. The van der Waals surface area contributed by atoms with Crippen LogP contribution < -0.4 is 10.6 Å². The predicted molar refractivity (Wildman–Crippen MR) is 100 cm³/mol. The molecule has 2 unspecified atom stereocenters. The largest absolute Gasteiger partial charge is 0.388 e. The summed E-state index contributed by atoms with van der Waals surface area (Å²) in [6.45, 7) is 8.97. The quantitative estimate of drug-likeness (QED) is 0.504. The Labute approximate surface area is 146 Å². The van der Waals surface area contributed by atoms with Crippen molar-refractivity contribution in [2.75, 3.05) is 32.7 Å². The highest BCUT2D eigenvalue weighted by molar-refractivity contribution is 5.79. The summed E-state index contributed by atoms with van der Waals surface area (Å²) in [5, 5.41) is 16.9. The molecular weight excluding hydrogens is 300 g/mol. The lowest BCUT2D eigenvalue weighted by atomic mass is 10.1. The number of hydrogen-bond acceptors (Lipinski definition) is 3. The average molecular weight is 332 g/mol. The molecule has 5 nitrogen and oxygen atoms in total. The van der Waals surface area contributed by atoms with Crippen LogP contribution in [0.25, 0.3) is 0 Å². The van der Waals surface area contributed by atoms with E-state index in [0.717, 1.165) is 31.2 Å². The van der Waals surface area contributed by atoms with Crippen molar-refractivity contribution >= 4 is 5.96 Å². The lowest BCUT2D eigenvalue weighted by Gasteiger charge is -2.21. The predicted octanol–water partition coefficient (Wildman–Crippen LogP) is 2.15. The number of aliphatic hydroxyl groups excluding tert-OH is 1. The minimum Gasteiger partial charge on any atom is -0.388 e. The standard InChI is InChI=1S/C19H32N4O/c1-3-20-19(22-15-17-11-8-14-23(17)4-2)21-13-12-18(24)16-9-6-5-7-10-16/h5-7,9-10,17-18,24H,3-4,8,11-15H2,1-2H3,(H2,20,21,22). The van der Waals surface area contributed by atoms with Gasteiger partial charge in [0.15, 0.2) is 5.96 Å². The van der Waals surface area contributed by atoms with Gasteiger partial charge < -0.3 is 15.7 Å². The normalized spacial score (nSPS) is 20.1. The summed E-state index contributed by atoms with van der Waals surface area (Å²) in [6.07, 6.45) is 2.75. The molecule has 1 aromatic rings. The zero-order valence-corrected chi connectivity index (χ0v) is 15.0. The van der Waals surface area contributed by atoms with Gasteiger partial charge in [0.05, 0.1) is 12.6 Å². The highest BCUT2D eigenvalue weighted by atomic mass is 16.3. The first-order valence-corrected chi connectivity index (χ1v) is 9.23. The van der Waals surface area contributed by atoms with Crippen molar-refractivity contribution in [3.05, 3.63) is 35.9 Å². The summed E-state index contributed by atoms with van der Waals surface area (Å²) in [5.74, 6) is 0.848. The van der Waals surface area contributed by atoms with Gasteiger partial charge in [-0.3, -0.25) is 9.89 Å². The molecule has 24 heavy (non-hydrogen) atoms. The topological polar surface area (TPSA) is 59.9 Å². The summed E-state index contributed by atoms with van der Waals surface area (Å²) in [4.78, 5) is 7.24. The smallest absolute Gasteiger partial charge is 0.191 e. The van der Waals surface area contributed by atoms with E-state index in [1.165, 1.54) is 19.4 Å². The summed E-state index contributed by atoms with van der Waals surface area (Å²) in [5.41, 5.74) is 0.964. The summed E-state index contributed by atoms with van der Waals surface area (Å²) in [7, 11) is 0. The second kappa shape index (κ2) is 10.3. The molecule has 1 fully saturated rings. The van der Waals surface area contributed by atoms with E-state index in [9.17, 15) is 5.11 Å². The van der Waals surface area contributed by atoms with Crippen molar-refractivity contribution in [1.82, 2.24) is 15.5 Å². The molecule has 5 heteroatoms. The highest BCUT2D eigenvalue weighted by Gasteiger charge is 2.22. The molecule has 134 valence electrons. The molecule has 0 saturated carbocycles. The van der Waals surface area contributed by atoms with Gasteiger partial charge in [0, 0.05) is 19.1 Å².